The molecule has 0 aliphatic heterocycles. The van der Waals surface area contributed by atoms with Crippen LogP contribution < -0.4 is 9.46 Å². The van der Waals surface area contributed by atoms with Gasteiger partial charge in [0.1, 0.15) is 18.0 Å². The highest BCUT2D eigenvalue weighted by molar-refractivity contribution is 7.95. The van der Waals surface area contributed by atoms with Crippen molar-refractivity contribution in [1.82, 2.24) is 0 Å². The Morgan fingerprint density at radius 3 is 2.90 bits per heavy atom. The second kappa shape index (κ2) is 8.03. The van der Waals surface area contributed by atoms with Crippen LogP contribution in [0.2, 0.25) is 0 Å². The Morgan fingerprint density at radius 1 is 1.60 bits per heavy atom. The predicted octanol–water partition coefficient (Wildman–Crippen LogP) is 4.15. The predicted molar refractivity (Wildman–Crippen MR) is 80.7 cm³/mol. The van der Waals surface area contributed by atoms with Crippen LogP contribution in [0.5, 0.6) is 5.75 Å². The third-order valence-corrected chi connectivity index (χ3v) is 2.55. The minimum Gasteiger partial charge on any atom is -0.455 e. The first kappa shape index (κ1) is 15.8. The van der Waals surface area contributed by atoms with Gasteiger partial charge in [0.15, 0.2) is 5.75 Å². The highest BCUT2D eigenvalue weighted by Gasteiger charge is 2.12. The zero-order chi connectivity index (χ0) is 15.0. The van der Waals surface area contributed by atoms with Crippen LogP contribution in [0.3, 0.4) is 0 Å². The number of nitrogens with zero attached hydrogens (tertiary/aromatic N) is 1. The van der Waals surface area contributed by atoms with Crippen molar-refractivity contribution in [2.45, 2.75) is 6.92 Å². The van der Waals surface area contributed by atoms with Crippen molar-refractivity contribution in [3.8, 4) is 5.75 Å². The largest absolute Gasteiger partial charge is 0.455 e. The van der Waals surface area contributed by atoms with Crippen LogP contribution in [0, 0.1) is 10.1 Å². The molecule has 6 nitrogen and oxygen atoms in total. The minimum atomic E-state index is -0.516. The number of rotatable bonds is 7. The van der Waals surface area contributed by atoms with Gasteiger partial charge in [-0.15, -0.1) is 0 Å². The quantitative estimate of drug-likeness (QED) is 0.196. The van der Waals surface area contributed by atoms with E-state index in [2.05, 4.69) is 11.3 Å². The standard InChI is InChI=1S/C13H14N2O4S/c1-3-5-6-11(4-2)19-13-9-10(15(16)17)7-8-12(13)14-20-18/h3-9,14,18H,1H2,2H3/b6-5-,11-4+. The van der Waals surface area contributed by atoms with Crippen molar-refractivity contribution < 1.29 is 14.2 Å². The van der Waals surface area contributed by atoms with Crippen LogP contribution in [0.15, 0.2) is 54.8 Å². The maximum atomic E-state index is 10.8. The number of ether oxygens (including phenoxy) is 1. The lowest BCUT2D eigenvalue weighted by molar-refractivity contribution is -0.384. The Hall–Kier alpha value is -2.25. The molecule has 0 atom stereocenters. The molecule has 0 aliphatic carbocycles. The summed E-state index contributed by atoms with van der Waals surface area (Å²) < 4.78 is 17.0. The third kappa shape index (κ3) is 4.45. The molecule has 0 amide bonds. The molecular weight excluding hydrogens is 280 g/mol. The average Bonchev–Trinajstić information content (AvgIpc) is 2.44. The Kier molecular flexibility index (Phi) is 6.34. The molecule has 0 saturated heterocycles. The summed E-state index contributed by atoms with van der Waals surface area (Å²) in [7, 11) is 0. The average molecular weight is 294 g/mol. The number of non-ortho nitro benzene ring substituents is 1. The fourth-order valence-corrected chi connectivity index (χ4v) is 1.59. The number of anilines is 1. The van der Waals surface area contributed by atoms with E-state index in [9.17, 15) is 10.1 Å². The summed E-state index contributed by atoms with van der Waals surface area (Å²) in [6.07, 6.45) is 6.64. The van der Waals surface area contributed by atoms with E-state index in [1.54, 1.807) is 31.2 Å². The highest BCUT2D eigenvalue weighted by Crippen LogP contribution is 2.32. The maximum Gasteiger partial charge on any atom is 0.273 e. The number of hydrogen-bond donors (Lipinski definition) is 2. The van der Waals surface area contributed by atoms with Crippen molar-refractivity contribution in [2.24, 2.45) is 0 Å². The van der Waals surface area contributed by atoms with Crippen LogP contribution in [-0.4, -0.2) is 9.48 Å². The first-order chi connectivity index (χ1) is 9.62. The zero-order valence-electron chi connectivity index (χ0n) is 10.8. The molecule has 106 valence electrons. The van der Waals surface area contributed by atoms with Gasteiger partial charge in [0.2, 0.25) is 0 Å². The van der Waals surface area contributed by atoms with Crippen molar-refractivity contribution in [1.29, 1.82) is 0 Å². The van der Waals surface area contributed by atoms with Crippen LogP contribution in [0.4, 0.5) is 11.4 Å². The SMILES string of the molecule is C=C/C=C\C(=C/C)Oc1cc([N+](=O)[O-])ccc1NSO. The van der Waals surface area contributed by atoms with E-state index < -0.39 is 4.92 Å². The van der Waals surface area contributed by atoms with Crippen molar-refractivity contribution in [3.63, 3.8) is 0 Å². The third-order valence-electron chi connectivity index (χ3n) is 2.24. The Balaban J connectivity index is 3.11. The normalized spacial score (nSPS) is 11.4. The van der Waals surface area contributed by atoms with Gasteiger partial charge in [0, 0.05) is 6.07 Å². The van der Waals surface area contributed by atoms with E-state index in [4.69, 9.17) is 9.29 Å². The Labute approximate surface area is 120 Å². The number of nitrogens with one attached hydrogen (secondary N) is 1. The van der Waals surface area contributed by atoms with Gasteiger partial charge in [-0.05, 0) is 25.1 Å². The van der Waals surface area contributed by atoms with Crippen molar-refractivity contribution in [2.75, 3.05) is 4.72 Å². The first-order valence-corrected chi connectivity index (χ1v) is 6.37. The number of hydrogen-bond acceptors (Lipinski definition) is 6. The monoisotopic (exact) mass is 294 g/mol. The van der Waals surface area contributed by atoms with Crippen LogP contribution >= 0.6 is 12.2 Å². The molecule has 1 aromatic carbocycles. The van der Waals surface area contributed by atoms with Gasteiger partial charge in [-0.3, -0.25) is 10.1 Å². The minimum absolute atomic E-state index is 0.100. The molecule has 2 N–H and O–H groups in total. The van der Waals surface area contributed by atoms with Crippen molar-refractivity contribution in [3.05, 3.63) is 65.0 Å². The molecule has 0 saturated carbocycles. The van der Waals surface area contributed by atoms with E-state index in [0.717, 1.165) is 0 Å². The molecule has 7 heteroatoms. The molecule has 0 spiro atoms. The van der Waals surface area contributed by atoms with Crippen molar-refractivity contribution >= 4 is 23.6 Å². The summed E-state index contributed by atoms with van der Waals surface area (Å²) in [5, 5.41) is 10.8. The second-order valence-corrected chi connectivity index (χ2v) is 3.91. The fraction of sp³-hybridized carbons (Fsp3) is 0.0769. The van der Waals surface area contributed by atoms with E-state index in [1.807, 2.05) is 0 Å². The van der Waals surface area contributed by atoms with Crippen LogP contribution in [-0.2, 0) is 0 Å². The number of nitro benzene ring substituents is 1. The van der Waals surface area contributed by atoms with Crippen LogP contribution in [0.1, 0.15) is 6.92 Å². The first-order valence-electron chi connectivity index (χ1n) is 5.60. The number of allylic oxidation sites excluding steroid dienone is 4. The molecule has 0 aliphatic rings. The van der Waals surface area contributed by atoms with Gasteiger partial charge in [0.05, 0.1) is 16.7 Å². The molecule has 1 aromatic rings. The van der Waals surface area contributed by atoms with E-state index >= 15 is 0 Å². The second-order valence-electron chi connectivity index (χ2n) is 3.52. The summed E-state index contributed by atoms with van der Waals surface area (Å²) >= 11 is 0.382. The Bertz CT molecular complexity index is 555. The smallest absolute Gasteiger partial charge is 0.273 e. The highest BCUT2D eigenvalue weighted by atomic mass is 32.2. The molecule has 0 heterocycles. The fourth-order valence-electron chi connectivity index (χ4n) is 1.32. The van der Waals surface area contributed by atoms with Gasteiger partial charge in [-0.2, -0.15) is 0 Å². The van der Waals surface area contributed by atoms with E-state index in [-0.39, 0.29) is 11.4 Å². The van der Waals surface area contributed by atoms with Gasteiger partial charge < -0.3 is 14.0 Å². The van der Waals surface area contributed by atoms with E-state index in [1.165, 1.54) is 18.2 Å². The number of benzene rings is 1. The lowest BCUT2D eigenvalue weighted by Crippen LogP contribution is -1.98. The zero-order valence-corrected chi connectivity index (χ0v) is 11.6. The van der Waals surface area contributed by atoms with Gasteiger partial charge in [0.25, 0.3) is 5.69 Å². The van der Waals surface area contributed by atoms with E-state index in [0.29, 0.717) is 23.7 Å². The Morgan fingerprint density at radius 2 is 2.35 bits per heavy atom. The molecule has 0 aromatic heterocycles. The summed E-state index contributed by atoms with van der Waals surface area (Å²) in [4.78, 5) is 10.3. The van der Waals surface area contributed by atoms with Gasteiger partial charge in [-0.25, -0.2) is 0 Å². The summed E-state index contributed by atoms with van der Waals surface area (Å²) in [5.74, 6) is 0.735. The van der Waals surface area contributed by atoms with Gasteiger partial charge >= 0.3 is 0 Å². The lowest BCUT2D eigenvalue weighted by atomic mass is 10.2. The lowest BCUT2D eigenvalue weighted by Gasteiger charge is -2.11. The summed E-state index contributed by atoms with van der Waals surface area (Å²) in [5.41, 5.74) is 0.325. The molecule has 0 unspecified atom stereocenters. The summed E-state index contributed by atoms with van der Waals surface area (Å²) in [6.45, 7) is 5.32. The topological polar surface area (TPSA) is 84.6 Å². The molecule has 0 bridgehead atoms. The maximum absolute atomic E-state index is 10.8. The molecule has 1 rings (SSSR count). The summed E-state index contributed by atoms with van der Waals surface area (Å²) in [6, 6.07) is 4.06. The molecule has 0 radical (unpaired) electrons. The molecule has 20 heavy (non-hydrogen) atoms. The molecule has 0 fully saturated rings. The van der Waals surface area contributed by atoms with Gasteiger partial charge in [-0.1, -0.05) is 18.7 Å². The molecular formula is C13H14N2O4S. The number of nitro groups is 1. The van der Waals surface area contributed by atoms with Crippen LogP contribution in [0.25, 0.3) is 0 Å².